The minimum atomic E-state index is -0.294. The van der Waals surface area contributed by atoms with Gasteiger partial charge < -0.3 is 15.4 Å². The third kappa shape index (κ3) is 4.18. The summed E-state index contributed by atoms with van der Waals surface area (Å²) in [6.07, 6.45) is -0.106. The standard InChI is InChI=1S/C15H21N5O3S/c1-2-23-10-5-3-9(4-6-10)17-12(21)8-24-15-18-13-11(7-16-20-13)14(22)19-15/h3-6,11,13,15-16,18,20H,2,7-8H2,1H3,(H,17,21)(H,19,22). The Balaban J connectivity index is 1.44. The Morgan fingerprint density at radius 1 is 1.38 bits per heavy atom. The molecule has 2 aliphatic heterocycles. The highest BCUT2D eigenvalue weighted by Crippen LogP contribution is 2.18. The van der Waals surface area contributed by atoms with Crippen molar-refractivity contribution in [3.8, 4) is 5.75 Å². The lowest BCUT2D eigenvalue weighted by atomic mass is 10.1. The van der Waals surface area contributed by atoms with Crippen LogP contribution in [-0.4, -0.2) is 42.4 Å². The second-order valence-corrected chi connectivity index (χ2v) is 6.57. The first-order valence-corrected chi connectivity index (χ1v) is 8.89. The zero-order chi connectivity index (χ0) is 16.9. The summed E-state index contributed by atoms with van der Waals surface area (Å²) in [4.78, 5) is 24.0. The average molecular weight is 351 g/mol. The lowest BCUT2D eigenvalue weighted by molar-refractivity contribution is -0.127. The van der Waals surface area contributed by atoms with Crippen LogP contribution in [0.1, 0.15) is 6.92 Å². The Bertz CT molecular complexity index is 597. The summed E-state index contributed by atoms with van der Waals surface area (Å²) in [5, 5.41) is 8.94. The van der Waals surface area contributed by atoms with E-state index < -0.39 is 0 Å². The Morgan fingerprint density at radius 3 is 2.92 bits per heavy atom. The molecule has 2 aliphatic rings. The van der Waals surface area contributed by atoms with Crippen LogP contribution in [0.4, 0.5) is 5.69 Å². The van der Waals surface area contributed by atoms with E-state index in [1.54, 1.807) is 12.1 Å². The smallest absolute Gasteiger partial charge is 0.234 e. The number of carbonyl (C=O) groups is 2. The maximum Gasteiger partial charge on any atom is 0.234 e. The highest BCUT2D eigenvalue weighted by atomic mass is 32.2. The van der Waals surface area contributed by atoms with Gasteiger partial charge in [0, 0.05) is 12.2 Å². The molecule has 0 bridgehead atoms. The summed E-state index contributed by atoms with van der Waals surface area (Å²) in [5.41, 5.74) is 6.39. The summed E-state index contributed by atoms with van der Waals surface area (Å²) in [6.45, 7) is 3.12. The van der Waals surface area contributed by atoms with Crippen LogP contribution in [0.3, 0.4) is 0 Å². The molecule has 9 heteroatoms. The molecule has 3 unspecified atom stereocenters. The highest BCUT2D eigenvalue weighted by molar-refractivity contribution is 8.00. The fraction of sp³-hybridized carbons (Fsp3) is 0.467. The summed E-state index contributed by atoms with van der Waals surface area (Å²) in [5.74, 6) is 0.738. The van der Waals surface area contributed by atoms with Crippen LogP contribution in [0, 0.1) is 5.92 Å². The minimum Gasteiger partial charge on any atom is -0.494 e. The lowest BCUT2D eigenvalue weighted by Crippen LogP contribution is -2.62. The Labute approximate surface area is 144 Å². The van der Waals surface area contributed by atoms with Crippen LogP contribution in [-0.2, 0) is 9.59 Å². The molecular weight excluding hydrogens is 330 g/mol. The van der Waals surface area contributed by atoms with Gasteiger partial charge in [0.1, 0.15) is 11.2 Å². The zero-order valence-electron chi connectivity index (χ0n) is 13.3. The first kappa shape index (κ1) is 17.0. The van der Waals surface area contributed by atoms with Crippen molar-refractivity contribution in [2.45, 2.75) is 18.6 Å². The molecule has 0 aliphatic carbocycles. The van der Waals surface area contributed by atoms with Gasteiger partial charge in [0.2, 0.25) is 11.8 Å². The third-order valence-electron chi connectivity index (χ3n) is 3.75. The van der Waals surface area contributed by atoms with E-state index in [2.05, 4.69) is 26.8 Å². The van der Waals surface area contributed by atoms with Gasteiger partial charge in [-0.3, -0.25) is 20.3 Å². The first-order valence-electron chi connectivity index (χ1n) is 7.85. The first-order chi connectivity index (χ1) is 11.7. The van der Waals surface area contributed by atoms with E-state index in [0.717, 1.165) is 5.75 Å². The quantitative estimate of drug-likeness (QED) is 0.484. The maximum atomic E-state index is 12.0. The van der Waals surface area contributed by atoms with Crippen molar-refractivity contribution >= 4 is 29.3 Å². The second-order valence-electron chi connectivity index (χ2n) is 5.48. The van der Waals surface area contributed by atoms with Gasteiger partial charge in [-0.2, -0.15) is 0 Å². The molecule has 8 nitrogen and oxygen atoms in total. The molecule has 0 saturated carbocycles. The monoisotopic (exact) mass is 351 g/mol. The van der Waals surface area contributed by atoms with Gasteiger partial charge in [-0.05, 0) is 31.2 Å². The number of hydrazine groups is 1. The number of anilines is 1. The van der Waals surface area contributed by atoms with Gasteiger partial charge in [-0.1, -0.05) is 0 Å². The third-order valence-corrected chi connectivity index (χ3v) is 4.77. The second kappa shape index (κ2) is 7.84. The molecule has 5 N–H and O–H groups in total. The average Bonchev–Trinajstić information content (AvgIpc) is 3.04. The number of hydrogen-bond acceptors (Lipinski definition) is 7. The number of hydrogen-bond donors (Lipinski definition) is 5. The van der Waals surface area contributed by atoms with Gasteiger partial charge in [0.05, 0.1) is 24.4 Å². The predicted octanol–water partition coefficient (Wildman–Crippen LogP) is -0.190. The van der Waals surface area contributed by atoms with Crippen molar-refractivity contribution in [2.75, 3.05) is 24.2 Å². The van der Waals surface area contributed by atoms with Gasteiger partial charge in [-0.15, -0.1) is 11.8 Å². The van der Waals surface area contributed by atoms with Gasteiger partial charge >= 0.3 is 0 Å². The van der Waals surface area contributed by atoms with E-state index in [-0.39, 0.29) is 35.1 Å². The highest BCUT2D eigenvalue weighted by Gasteiger charge is 2.39. The maximum absolute atomic E-state index is 12.0. The van der Waals surface area contributed by atoms with Gasteiger partial charge in [-0.25, -0.2) is 5.43 Å². The van der Waals surface area contributed by atoms with Crippen molar-refractivity contribution in [1.29, 1.82) is 0 Å². The van der Waals surface area contributed by atoms with E-state index in [9.17, 15) is 9.59 Å². The molecule has 1 aromatic carbocycles. The number of benzene rings is 1. The molecule has 3 atom stereocenters. The van der Waals surface area contributed by atoms with E-state index >= 15 is 0 Å². The summed E-state index contributed by atoms with van der Waals surface area (Å²) in [6, 6.07) is 7.22. The Morgan fingerprint density at radius 2 is 2.17 bits per heavy atom. The van der Waals surface area contributed by atoms with E-state index in [0.29, 0.717) is 18.8 Å². The molecule has 3 rings (SSSR count). The van der Waals surface area contributed by atoms with Crippen LogP contribution >= 0.6 is 11.8 Å². The molecule has 24 heavy (non-hydrogen) atoms. The van der Waals surface area contributed by atoms with E-state index in [1.165, 1.54) is 11.8 Å². The van der Waals surface area contributed by atoms with Crippen LogP contribution in [0.25, 0.3) is 0 Å². The van der Waals surface area contributed by atoms with E-state index in [1.807, 2.05) is 19.1 Å². The van der Waals surface area contributed by atoms with E-state index in [4.69, 9.17) is 4.74 Å². The van der Waals surface area contributed by atoms with Crippen LogP contribution in [0.5, 0.6) is 5.75 Å². The number of carbonyl (C=O) groups excluding carboxylic acids is 2. The molecule has 130 valence electrons. The normalized spacial score (nSPS) is 25.7. The van der Waals surface area contributed by atoms with Crippen molar-refractivity contribution in [3.63, 3.8) is 0 Å². The molecule has 1 aromatic rings. The molecule has 2 heterocycles. The minimum absolute atomic E-state index is 0.0133. The molecule has 2 saturated heterocycles. The Hall–Kier alpha value is -1.81. The van der Waals surface area contributed by atoms with Crippen molar-refractivity contribution in [3.05, 3.63) is 24.3 Å². The SMILES string of the molecule is CCOc1ccc(NC(=O)CSC2NC(=O)C3CNNC3N2)cc1. The van der Waals surface area contributed by atoms with Crippen molar-refractivity contribution < 1.29 is 14.3 Å². The van der Waals surface area contributed by atoms with Crippen LogP contribution in [0.15, 0.2) is 24.3 Å². The van der Waals surface area contributed by atoms with Gasteiger partial charge in [0.25, 0.3) is 0 Å². The molecule has 0 spiro atoms. The van der Waals surface area contributed by atoms with Gasteiger partial charge in [0.15, 0.2) is 0 Å². The number of nitrogens with one attached hydrogen (secondary N) is 5. The summed E-state index contributed by atoms with van der Waals surface area (Å²) < 4.78 is 5.36. The molecule has 2 amide bonds. The number of ether oxygens (including phenoxy) is 1. The number of thioether (sulfide) groups is 1. The predicted molar refractivity (Wildman–Crippen MR) is 92.2 cm³/mol. The lowest BCUT2D eigenvalue weighted by Gasteiger charge is -2.32. The zero-order valence-corrected chi connectivity index (χ0v) is 14.1. The molecular formula is C15H21N5O3S. The summed E-state index contributed by atoms with van der Waals surface area (Å²) >= 11 is 1.34. The fourth-order valence-electron chi connectivity index (χ4n) is 2.59. The van der Waals surface area contributed by atoms with Crippen molar-refractivity contribution in [2.24, 2.45) is 5.92 Å². The molecule has 2 fully saturated rings. The van der Waals surface area contributed by atoms with Crippen LogP contribution in [0.2, 0.25) is 0 Å². The Kier molecular flexibility index (Phi) is 5.56. The fourth-order valence-corrected chi connectivity index (χ4v) is 3.42. The van der Waals surface area contributed by atoms with Crippen molar-refractivity contribution in [1.82, 2.24) is 21.5 Å². The molecule has 0 aromatic heterocycles. The number of rotatable bonds is 6. The molecule has 0 radical (unpaired) electrons. The largest absolute Gasteiger partial charge is 0.494 e. The topological polar surface area (TPSA) is 104 Å². The van der Waals surface area contributed by atoms with Crippen LogP contribution < -0.4 is 31.5 Å². The summed E-state index contributed by atoms with van der Waals surface area (Å²) in [7, 11) is 0. The number of fused-ring (bicyclic) bond motifs is 1. The number of amides is 2.